The Morgan fingerprint density at radius 3 is 2.50 bits per heavy atom. The van der Waals surface area contributed by atoms with Crippen molar-refractivity contribution in [2.75, 3.05) is 6.54 Å². The van der Waals surface area contributed by atoms with Gasteiger partial charge in [0.1, 0.15) is 0 Å². The lowest BCUT2D eigenvalue weighted by atomic mass is 10.1. The van der Waals surface area contributed by atoms with Gasteiger partial charge in [0.05, 0.1) is 29.0 Å². The summed E-state index contributed by atoms with van der Waals surface area (Å²) >= 11 is 0. The molecule has 1 aliphatic carbocycles. The van der Waals surface area contributed by atoms with Gasteiger partial charge in [0.15, 0.2) is 0 Å². The summed E-state index contributed by atoms with van der Waals surface area (Å²) < 4.78 is 0. The van der Waals surface area contributed by atoms with Crippen molar-refractivity contribution >= 4 is 22.8 Å². The SMILES string of the molecule is Cc1nc2ccc(C(=O)NCC(=O)NC3CC3)cc2nc1C. The molecular weight excluding hydrogens is 280 g/mol. The van der Waals surface area contributed by atoms with Gasteiger partial charge in [-0.25, -0.2) is 9.97 Å². The first-order chi connectivity index (χ1) is 10.5. The number of nitrogens with zero attached hydrogens (tertiary/aromatic N) is 2. The third-order valence-electron chi connectivity index (χ3n) is 3.69. The fourth-order valence-corrected chi connectivity index (χ4v) is 2.14. The Balaban J connectivity index is 1.70. The molecule has 2 aromatic rings. The molecule has 1 aliphatic rings. The number of nitrogens with one attached hydrogen (secondary N) is 2. The number of hydrogen-bond donors (Lipinski definition) is 2. The molecule has 1 aromatic carbocycles. The van der Waals surface area contributed by atoms with Crippen molar-refractivity contribution in [2.45, 2.75) is 32.7 Å². The minimum Gasteiger partial charge on any atom is -0.352 e. The lowest BCUT2D eigenvalue weighted by molar-refractivity contribution is -0.120. The summed E-state index contributed by atoms with van der Waals surface area (Å²) in [6.45, 7) is 3.78. The molecule has 6 nitrogen and oxygen atoms in total. The van der Waals surface area contributed by atoms with Gasteiger partial charge in [-0.1, -0.05) is 0 Å². The van der Waals surface area contributed by atoms with E-state index in [1.807, 2.05) is 13.8 Å². The molecule has 0 saturated heterocycles. The highest BCUT2D eigenvalue weighted by Gasteiger charge is 2.23. The summed E-state index contributed by atoms with van der Waals surface area (Å²) in [5.74, 6) is -0.434. The van der Waals surface area contributed by atoms with E-state index in [9.17, 15) is 9.59 Å². The smallest absolute Gasteiger partial charge is 0.251 e. The van der Waals surface area contributed by atoms with Crippen LogP contribution in [0, 0.1) is 13.8 Å². The maximum absolute atomic E-state index is 12.1. The van der Waals surface area contributed by atoms with E-state index in [0.29, 0.717) is 17.1 Å². The van der Waals surface area contributed by atoms with E-state index < -0.39 is 0 Å². The van der Waals surface area contributed by atoms with Crippen LogP contribution in [0.1, 0.15) is 34.6 Å². The van der Waals surface area contributed by atoms with E-state index in [1.54, 1.807) is 18.2 Å². The molecule has 1 heterocycles. The van der Waals surface area contributed by atoms with Crippen molar-refractivity contribution in [3.63, 3.8) is 0 Å². The van der Waals surface area contributed by atoms with Crippen molar-refractivity contribution in [1.29, 1.82) is 0 Å². The average molecular weight is 298 g/mol. The predicted molar refractivity (Wildman–Crippen MR) is 82.5 cm³/mol. The number of amides is 2. The van der Waals surface area contributed by atoms with E-state index in [-0.39, 0.29) is 18.4 Å². The molecule has 0 radical (unpaired) electrons. The van der Waals surface area contributed by atoms with Crippen LogP contribution < -0.4 is 10.6 Å². The molecule has 3 rings (SSSR count). The van der Waals surface area contributed by atoms with Crippen LogP contribution in [0.4, 0.5) is 0 Å². The number of rotatable bonds is 4. The fraction of sp³-hybridized carbons (Fsp3) is 0.375. The van der Waals surface area contributed by atoms with Crippen molar-refractivity contribution in [3.8, 4) is 0 Å². The molecule has 0 bridgehead atoms. The second-order valence-corrected chi connectivity index (χ2v) is 5.62. The molecule has 22 heavy (non-hydrogen) atoms. The monoisotopic (exact) mass is 298 g/mol. The Bertz CT molecular complexity index is 753. The summed E-state index contributed by atoms with van der Waals surface area (Å²) in [6.07, 6.45) is 2.06. The fourth-order valence-electron chi connectivity index (χ4n) is 2.14. The Labute approximate surface area is 128 Å². The Hall–Kier alpha value is -2.50. The molecule has 2 N–H and O–H groups in total. The zero-order chi connectivity index (χ0) is 15.7. The molecule has 0 spiro atoms. The molecule has 1 saturated carbocycles. The first-order valence-corrected chi connectivity index (χ1v) is 7.35. The summed E-state index contributed by atoms with van der Waals surface area (Å²) in [7, 11) is 0. The highest BCUT2D eigenvalue weighted by molar-refractivity contribution is 5.99. The first kappa shape index (κ1) is 14.4. The molecule has 0 atom stereocenters. The number of carbonyl (C=O) groups excluding carboxylic acids is 2. The van der Waals surface area contributed by atoms with Gasteiger partial charge in [-0.3, -0.25) is 9.59 Å². The zero-order valence-electron chi connectivity index (χ0n) is 12.6. The molecular formula is C16H18N4O2. The van der Waals surface area contributed by atoms with Gasteiger partial charge in [-0.05, 0) is 44.9 Å². The standard InChI is InChI=1S/C16H18N4O2/c1-9-10(2)19-14-7-11(3-6-13(14)18-9)16(22)17-8-15(21)20-12-4-5-12/h3,6-7,12H,4-5,8H2,1-2H3,(H,17,22)(H,20,21). The van der Waals surface area contributed by atoms with E-state index >= 15 is 0 Å². The van der Waals surface area contributed by atoms with E-state index in [0.717, 1.165) is 29.7 Å². The van der Waals surface area contributed by atoms with Crippen LogP contribution in [0.2, 0.25) is 0 Å². The van der Waals surface area contributed by atoms with Crippen LogP contribution in [0.5, 0.6) is 0 Å². The minimum atomic E-state index is -0.284. The van der Waals surface area contributed by atoms with Crippen molar-refractivity contribution in [1.82, 2.24) is 20.6 Å². The minimum absolute atomic E-state index is 0.00796. The van der Waals surface area contributed by atoms with Gasteiger partial charge in [-0.15, -0.1) is 0 Å². The molecule has 1 aromatic heterocycles. The predicted octanol–water partition coefficient (Wildman–Crippen LogP) is 1.26. The van der Waals surface area contributed by atoms with Gasteiger partial charge in [-0.2, -0.15) is 0 Å². The van der Waals surface area contributed by atoms with Crippen LogP contribution in [-0.4, -0.2) is 34.4 Å². The molecule has 114 valence electrons. The van der Waals surface area contributed by atoms with Crippen molar-refractivity contribution in [2.24, 2.45) is 0 Å². The highest BCUT2D eigenvalue weighted by Crippen LogP contribution is 2.18. The Morgan fingerprint density at radius 2 is 1.82 bits per heavy atom. The Morgan fingerprint density at radius 1 is 1.14 bits per heavy atom. The average Bonchev–Trinajstić information content (AvgIpc) is 3.29. The third-order valence-corrected chi connectivity index (χ3v) is 3.69. The second kappa shape index (κ2) is 5.71. The first-order valence-electron chi connectivity index (χ1n) is 7.35. The number of carbonyl (C=O) groups is 2. The number of hydrogen-bond acceptors (Lipinski definition) is 4. The van der Waals surface area contributed by atoms with E-state index in [4.69, 9.17) is 0 Å². The largest absolute Gasteiger partial charge is 0.352 e. The number of fused-ring (bicyclic) bond motifs is 1. The molecule has 0 unspecified atom stereocenters. The van der Waals surface area contributed by atoms with Gasteiger partial charge in [0.2, 0.25) is 5.91 Å². The number of aryl methyl sites for hydroxylation is 2. The maximum atomic E-state index is 12.1. The molecule has 0 aliphatic heterocycles. The molecule has 6 heteroatoms. The van der Waals surface area contributed by atoms with Gasteiger partial charge < -0.3 is 10.6 Å². The number of aromatic nitrogens is 2. The summed E-state index contributed by atoms with van der Waals surface area (Å²) in [5, 5.41) is 5.45. The van der Waals surface area contributed by atoms with Crippen LogP contribution in [0.3, 0.4) is 0 Å². The van der Waals surface area contributed by atoms with Crippen LogP contribution >= 0.6 is 0 Å². The lowest BCUT2D eigenvalue weighted by Gasteiger charge is -2.07. The van der Waals surface area contributed by atoms with E-state index in [1.165, 1.54) is 0 Å². The van der Waals surface area contributed by atoms with Crippen molar-refractivity contribution in [3.05, 3.63) is 35.2 Å². The van der Waals surface area contributed by atoms with Gasteiger partial charge >= 0.3 is 0 Å². The quantitative estimate of drug-likeness (QED) is 0.890. The second-order valence-electron chi connectivity index (χ2n) is 5.62. The molecule has 2 amide bonds. The Kier molecular flexibility index (Phi) is 3.75. The maximum Gasteiger partial charge on any atom is 0.251 e. The summed E-state index contributed by atoms with van der Waals surface area (Å²) in [6, 6.07) is 5.46. The van der Waals surface area contributed by atoms with Crippen molar-refractivity contribution < 1.29 is 9.59 Å². The molecule has 1 fully saturated rings. The summed E-state index contributed by atoms with van der Waals surface area (Å²) in [5.41, 5.74) is 3.63. The van der Waals surface area contributed by atoms with Crippen LogP contribution in [-0.2, 0) is 4.79 Å². The normalized spacial score (nSPS) is 13.9. The number of benzene rings is 1. The lowest BCUT2D eigenvalue weighted by Crippen LogP contribution is -2.37. The van der Waals surface area contributed by atoms with Gasteiger partial charge in [0.25, 0.3) is 5.91 Å². The zero-order valence-corrected chi connectivity index (χ0v) is 12.6. The van der Waals surface area contributed by atoms with E-state index in [2.05, 4.69) is 20.6 Å². The third kappa shape index (κ3) is 3.21. The van der Waals surface area contributed by atoms with Crippen LogP contribution in [0.15, 0.2) is 18.2 Å². The van der Waals surface area contributed by atoms with Gasteiger partial charge in [0, 0.05) is 11.6 Å². The highest BCUT2D eigenvalue weighted by atomic mass is 16.2. The topological polar surface area (TPSA) is 84.0 Å². The summed E-state index contributed by atoms with van der Waals surface area (Å²) in [4.78, 5) is 32.6. The van der Waals surface area contributed by atoms with Crippen LogP contribution in [0.25, 0.3) is 11.0 Å².